The summed E-state index contributed by atoms with van der Waals surface area (Å²) in [6, 6.07) is 4.62. The summed E-state index contributed by atoms with van der Waals surface area (Å²) in [7, 11) is 2.08. The fourth-order valence-electron chi connectivity index (χ4n) is 5.82. The van der Waals surface area contributed by atoms with Gasteiger partial charge in [-0.05, 0) is 58.4 Å². The van der Waals surface area contributed by atoms with Crippen molar-refractivity contribution < 1.29 is 18.0 Å². The smallest absolute Gasteiger partial charge is 0.266 e. The van der Waals surface area contributed by atoms with E-state index in [0.29, 0.717) is 29.0 Å². The van der Waals surface area contributed by atoms with E-state index in [2.05, 4.69) is 22.6 Å². The van der Waals surface area contributed by atoms with E-state index in [0.717, 1.165) is 32.0 Å². The molecule has 36 heavy (non-hydrogen) atoms. The van der Waals surface area contributed by atoms with Crippen LogP contribution in [-0.2, 0) is 5.54 Å². The molecule has 194 valence electrons. The van der Waals surface area contributed by atoms with Crippen molar-refractivity contribution in [3.8, 4) is 0 Å². The Morgan fingerprint density at radius 2 is 1.78 bits per heavy atom. The van der Waals surface area contributed by atoms with Crippen LogP contribution in [0.5, 0.6) is 0 Å². The zero-order chi connectivity index (χ0) is 25.9. The van der Waals surface area contributed by atoms with Crippen molar-refractivity contribution in [3.63, 3.8) is 0 Å². The summed E-state index contributed by atoms with van der Waals surface area (Å²) >= 11 is 0. The van der Waals surface area contributed by atoms with E-state index in [4.69, 9.17) is 0 Å². The number of alkyl halides is 2. The molecule has 3 aliphatic rings. The number of carbonyl (C=O) groups excluding carboxylic acids is 1. The molecule has 0 radical (unpaired) electrons. The van der Waals surface area contributed by atoms with Crippen LogP contribution in [0.25, 0.3) is 0 Å². The third-order valence-corrected chi connectivity index (χ3v) is 8.30. The molecule has 3 fully saturated rings. The second-order valence-corrected chi connectivity index (χ2v) is 11.2. The van der Waals surface area contributed by atoms with Gasteiger partial charge in [0, 0.05) is 42.5 Å². The Balaban J connectivity index is 1.45. The van der Waals surface area contributed by atoms with Crippen molar-refractivity contribution in [2.75, 3.05) is 25.5 Å². The van der Waals surface area contributed by atoms with Gasteiger partial charge in [-0.15, -0.1) is 0 Å². The minimum Gasteiger partial charge on any atom is -0.381 e. The Labute approximate surface area is 208 Å². The molecule has 1 aromatic heterocycles. The summed E-state index contributed by atoms with van der Waals surface area (Å²) in [5.41, 5.74) is -0.594. The molecule has 1 aliphatic heterocycles. The van der Waals surface area contributed by atoms with Crippen LogP contribution in [0.15, 0.2) is 35.3 Å². The monoisotopic (exact) mass is 502 g/mol. The summed E-state index contributed by atoms with van der Waals surface area (Å²) in [5, 5.41) is 6.19. The van der Waals surface area contributed by atoms with Gasteiger partial charge >= 0.3 is 0 Å². The predicted octanol–water partition coefficient (Wildman–Crippen LogP) is 4.53. The number of benzene rings is 1. The topological polar surface area (TPSA) is 66.4 Å². The molecular weight excluding hydrogens is 469 g/mol. The lowest BCUT2D eigenvalue weighted by atomic mass is 9.97. The molecule has 2 aliphatic carbocycles. The average Bonchev–Trinajstić information content (AvgIpc) is 3.72. The molecule has 2 aromatic rings. The molecule has 4 atom stereocenters. The minimum absolute atomic E-state index is 0.0120. The summed E-state index contributed by atoms with van der Waals surface area (Å²) in [5.74, 6) is -0.209. The normalized spacial score (nSPS) is 24.5. The second kappa shape index (κ2) is 8.94. The number of amides is 1. The van der Waals surface area contributed by atoms with Gasteiger partial charge in [0.1, 0.15) is 5.82 Å². The molecule has 0 bridgehead atoms. The first kappa shape index (κ1) is 24.9. The van der Waals surface area contributed by atoms with Gasteiger partial charge in [0.15, 0.2) is 0 Å². The van der Waals surface area contributed by atoms with Crippen molar-refractivity contribution in [3.05, 3.63) is 63.3 Å². The van der Waals surface area contributed by atoms with E-state index in [1.807, 2.05) is 13.8 Å². The van der Waals surface area contributed by atoms with E-state index in [-0.39, 0.29) is 17.2 Å². The molecule has 1 saturated heterocycles. The molecule has 2 saturated carbocycles. The largest absolute Gasteiger partial charge is 0.381 e. The molecule has 1 amide bonds. The van der Waals surface area contributed by atoms with Gasteiger partial charge in [0.05, 0.1) is 22.9 Å². The molecule has 5 rings (SSSR count). The van der Waals surface area contributed by atoms with Crippen LogP contribution in [0.4, 0.5) is 18.9 Å². The number of nitrogens with one attached hydrogen (secondary N) is 2. The Kier molecular flexibility index (Phi) is 6.17. The van der Waals surface area contributed by atoms with Crippen LogP contribution in [0.3, 0.4) is 0 Å². The maximum absolute atomic E-state index is 14.7. The van der Waals surface area contributed by atoms with Gasteiger partial charge < -0.3 is 20.1 Å². The Morgan fingerprint density at radius 3 is 2.39 bits per heavy atom. The number of rotatable bonds is 8. The zero-order valence-electron chi connectivity index (χ0n) is 21.0. The lowest BCUT2D eigenvalue weighted by Gasteiger charge is -2.29. The first-order valence-electron chi connectivity index (χ1n) is 12.6. The second-order valence-electron chi connectivity index (χ2n) is 11.2. The maximum atomic E-state index is 14.7. The quantitative estimate of drug-likeness (QED) is 0.557. The summed E-state index contributed by atoms with van der Waals surface area (Å²) in [6.45, 7) is 7.48. The molecule has 6 nitrogen and oxygen atoms in total. The van der Waals surface area contributed by atoms with Gasteiger partial charge in [-0.2, -0.15) is 0 Å². The number of aromatic nitrogens is 1. The van der Waals surface area contributed by atoms with Crippen LogP contribution >= 0.6 is 0 Å². The number of pyridine rings is 1. The number of likely N-dealkylation sites (tertiary alicyclic amines) is 1. The molecule has 0 unspecified atom stereocenters. The highest BCUT2D eigenvalue weighted by atomic mass is 19.3. The highest BCUT2D eigenvalue weighted by Crippen LogP contribution is 2.47. The molecule has 2 N–H and O–H groups in total. The Bertz CT molecular complexity index is 1230. The van der Waals surface area contributed by atoms with Gasteiger partial charge in [0.2, 0.25) is 0 Å². The fourth-order valence-corrected chi connectivity index (χ4v) is 5.82. The average molecular weight is 503 g/mol. The van der Waals surface area contributed by atoms with E-state index in [1.165, 1.54) is 18.2 Å². The van der Waals surface area contributed by atoms with Crippen molar-refractivity contribution in [2.24, 2.45) is 17.8 Å². The third-order valence-electron chi connectivity index (χ3n) is 8.30. The lowest BCUT2D eigenvalue weighted by molar-refractivity contribution is 0.0938. The predicted molar refractivity (Wildman–Crippen MR) is 132 cm³/mol. The van der Waals surface area contributed by atoms with Crippen LogP contribution < -0.4 is 16.2 Å². The van der Waals surface area contributed by atoms with Gasteiger partial charge in [-0.3, -0.25) is 9.59 Å². The summed E-state index contributed by atoms with van der Waals surface area (Å²) < 4.78 is 42.7. The molecule has 2 heterocycles. The number of fused-ring (bicyclic) bond motifs is 1. The Morgan fingerprint density at radius 1 is 1.14 bits per heavy atom. The molecule has 9 heteroatoms. The van der Waals surface area contributed by atoms with Crippen LogP contribution in [0.2, 0.25) is 0 Å². The molecule has 0 spiro atoms. The number of carbonyl (C=O) groups is 1. The number of halogens is 3. The third kappa shape index (κ3) is 4.42. The van der Waals surface area contributed by atoms with Gasteiger partial charge in [0.25, 0.3) is 17.9 Å². The van der Waals surface area contributed by atoms with Gasteiger partial charge in [-0.1, -0.05) is 18.2 Å². The first-order chi connectivity index (χ1) is 17.0. The number of nitrogens with zero attached hydrogens (tertiary/aromatic N) is 2. The Hall–Kier alpha value is -2.81. The van der Waals surface area contributed by atoms with E-state index >= 15 is 0 Å². The van der Waals surface area contributed by atoms with Gasteiger partial charge in [-0.25, -0.2) is 13.2 Å². The number of anilines is 1. The van der Waals surface area contributed by atoms with Crippen molar-refractivity contribution in [2.45, 2.75) is 57.7 Å². The SMILES string of the molecule is C[C@@H](NC(=O)c1cn(C(C)(C)C2CC2)c(=O)cc1N[C@H]1[C@@H]2CN(C)C[C@@H]21)c1cccc(C(F)F)c1F. The van der Waals surface area contributed by atoms with Crippen LogP contribution in [-0.4, -0.2) is 41.6 Å². The number of hydrogen-bond acceptors (Lipinski definition) is 4. The summed E-state index contributed by atoms with van der Waals surface area (Å²) in [4.78, 5) is 28.9. The molecule has 1 aromatic carbocycles. The fraction of sp³-hybridized carbons (Fsp3) is 0.556. The minimum atomic E-state index is -2.95. The van der Waals surface area contributed by atoms with Crippen molar-refractivity contribution in [1.29, 1.82) is 0 Å². The van der Waals surface area contributed by atoms with E-state index in [1.54, 1.807) is 17.7 Å². The first-order valence-corrected chi connectivity index (χ1v) is 12.6. The lowest BCUT2D eigenvalue weighted by Crippen LogP contribution is -2.39. The van der Waals surface area contributed by atoms with E-state index in [9.17, 15) is 22.8 Å². The highest BCUT2D eigenvalue weighted by molar-refractivity contribution is 5.99. The molecular formula is C27H33F3N4O2. The standard InChI is InChI=1S/C27H33F3N4O2/c1-14(16-6-5-7-17(23(16)28)25(29)30)31-26(36)20-13-34(27(2,3)15-8-9-15)22(35)10-21(20)32-24-18-11-33(4)12-19(18)24/h5-7,10,13-15,18-19,24-25,32H,8-9,11-12H2,1-4H3,(H,31,36)/t14-,18-,19+,24+/m1/s1. The van der Waals surface area contributed by atoms with Crippen LogP contribution in [0, 0.1) is 23.6 Å². The van der Waals surface area contributed by atoms with Crippen molar-refractivity contribution >= 4 is 11.6 Å². The number of hydrogen-bond donors (Lipinski definition) is 2. The maximum Gasteiger partial charge on any atom is 0.266 e. The number of piperidine rings is 1. The van der Waals surface area contributed by atoms with Crippen LogP contribution in [0.1, 0.15) is 67.6 Å². The zero-order valence-corrected chi connectivity index (χ0v) is 21.0. The highest BCUT2D eigenvalue weighted by Gasteiger charge is 2.55. The van der Waals surface area contributed by atoms with Crippen molar-refractivity contribution in [1.82, 2.24) is 14.8 Å². The van der Waals surface area contributed by atoms with E-state index < -0.39 is 35.3 Å². The summed E-state index contributed by atoms with van der Waals surface area (Å²) in [6.07, 6.45) is 0.697.